The average molecular weight is 255 g/mol. The van der Waals surface area contributed by atoms with Gasteiger partial charge < -0.3 is 9.29 Å². The van der Waals surface area contributed by atoms with Gasteiger partial charge in [-0.3, -0.25) is 9.00 Å². The number of rotatable bonds is 5. The Morgan fingerprint density at radius 2 is 1.94 bits per heavy atom. The van der Waals surface area contributed by atoms with Crippen LogP contribution in [0.1, 0.15) is 17.7 Å². The minimum atomic E-state index is -2.71. The Morgan fingerprint density at radius 3 is 2.41 bits per heavy atom. The Kier molecular flexibility index (Phi) is 4.99. The zero-order valence-electron chi connectivity index (χ0n) is 9.12. The van der Waals surface area contributed by atoms with Gasteiger partial charge in [0, 0.05) is 0 Å². The predicted molar refractivity (Wildman–Crippen MR) is 59.7 cm³/mol. The summed E-state index contributed by atoms with van der Waals surface area (Å²) in [4.78, 5) is 22.8. The van der Waals surface area contributed by atoms with Gasteiger partial charge in [0.1, 0.15) is 5.25 Å². The Bertz CT molecular complexity index is 429. The van der Waals surface area contributed by atoms with E-state index < -0.39 is 28.1 Å². The Hall–Kier alpha value is -1.53. The molecule has 0 N–H and O–H groups in total. The van der Waals surface area contributed by atoms with Crippen LogP contribution in [0.25, 0.3) is 0 Å². The number of hydrogen-bond acceptors (Lipinski definition) is 5. The zero-order chi connectivity index (χ0) is 12.8. The average Bonchev–Trinajstić information content (AvgIpc) is 2.30. The Balaban J connectivity index is 2.99. The number of benzene rings is 1. The molecule has 0 aliphatic carbocycles. The van der Waals surface area contributed by atoms with Crippen molar-refractivity contribution in [3.05, 3.63) is 35.9 Å². The highest BCUT2D eigenvalue weighted by molar-refractivity contribution is 7.80. The molecule has 0 aliphatic rings. The number of Topliss-reactive ketones (excluding diaryl/α,β-unsaturated/α-hetero) is 1. The van der Waals surface area contributed by atoms with Crippen LogP contribution in [0.5, 0.6) is 0 Å². The van der Waals surface area contributed by atoms with Gasteiger partial charge in [-0.2, -0.15) is 0 Å². The molecule has 6 heteroatoms. The number of ether oxygens (including phenoxy) is 1. The third-order valence-electron chi connectivity index (χ3n) is 2.01. The maximum absolute atomic E-state index is 11.6. The second kappa shape index (κ2) is 6.27. The van der Waals surface area contributed by atoms with Crippen LogP contribution in [0.4, 0.5) is 0 Å². The largest absolute Gasteiger partial charge is 0.772 e. The molecular weight excluding hydrogens is 244 g/mol. The minimum absolute atomic E-state index is 0.0254. The van der Waals surface area contributed by atoms with Crippen LogP contribution in [-0.2, 0) is 25.4 Å². The van der Waals surface area contributed by atoms with Crippen LogP contribution in [0.2, 0.25) is 0 Å². The molecule has 1 aromatic rings. The van der Waals surface area contributed by atoms with E-state index >= 15 is 0 Å². The van der Waals surface area contributed by atoms with Crippen molar-refractivity contribution in [2.75, 3.05) is 6.61 Å². The highest BCUT2D eigenvalue weighted by Crippen LogP contribution is 2.20. The molecule has 0 aromatic heterocycles. The van der Waals surface area contributed by atoms with E-state index in [0.29, 0.717) is 0 Å². The summed E-state index contributed by atoms with van der Waals surface area (Å²) in [5.74, 6) is -2.21. The Labute approximate surface area is 101 Å². The quantitative estimate of drug-likeness (QED) is 0.440. The maximum atomic E-state index is 11.6. The van der Waals surface area contributed by atoms with Crippen LogP contribution in [0, 0.1) is 0 Å². The zero-order valence-corrected chi connectivity index (χ0v) is 9.94. The lowest BCUT2D eigenvalue weighted by atomic mass is 10.1. The minimum Gasteiger partial charge on any atom is -0.772 e. The second-order valence-electron chi connectivity index (χ2n) is 3.14. The van der Waals surface area contributed by atoms with Crippen molar-refractivity contribution in [2.45, 2.75) is 12.2 Å². The van der Waals surface area contributed by atoms with Gasteiger partial charge in [0.2, 0.25) is 0 Å². The van der Waals surface area contributed by atoms with Crippen molar-refractivity contribution < 1.29 is 23.1 Å². The number of hydrogen-bond donors (Lipinski definition) is 0. The second-order valence-corrected chi connectivity index (χ2v) is 4.13. The van der Waals surface area contributed by atoms with E-state index in [0.717, 1.165) is 0 Å². The van der Waals surface area contributed by atoms with E-state index in [1.165, 1.54) is 19.1 Å². The molecule has 17 heavy (non-hydrogen) atoms. The summed E-state index contributed by atoms with van der Waals surface area (Å²) >= 11 is -2.71. The molecule has 0 spiro atoms. The lowest BCUT2D eigenvalue weighted by molar-refractivity contribution is -0.153. The van der Waals surface area contributed by atoms with E-state index in [4.69, 9.17) is 0 Å². The number of carbonyl (C=O) groups excluding carboxylic acids is 2. The topological polar surface area (TPSA) is 83.5 Å². The van der Waals surface area contributed by atoms with Gasteiger partial charge in [0.15, 0.2) is 0 Å². The van der Waals surface area contributed by atoms with Gasteiger partial charge in [-0.25, -0.2) is 4.79 Å². The summed E-state index contributed by atoms with van der Waals surface area (Å²) in [5.41, 5.74) is 0.249. The first-order valence-corrected chi connectivity index (χ1v) is 6.05. The molecular formula is C11H11O5S-. The lowest BCUT2D eigenvalue weighted by Crippen LogP contribution is -2.27. The molecule has 2 unspecified atom stereocenters. The first kappa shape index (κ1) is 13.5. The van der Waals surface area contributed by atoms with E-state index in [-0.39, 0.29) is 12.2 Å². The molecule has 1 rings (SSSR count). The molecule has 1 aromatic carbocycles. The highest BCUT2D eigenvalue weighted by atomic mass is 32.2. The molecule has 0 fully saturated rings. The molecule has 92 valence electrons. The first-order valence-electron chi connectivity index (χ1n) is 4.92. The fourth-order valence-corrected chi connectivity index (χ4v) is 1.94. The SMILES string of the molecule is CCOC(=O)C(=O)C(c1ccccc1)S(=O)[O-]. The van der Waals surface area contributed by atoms with E-state index in [9.17, 15) is 18.4 Å². The van der Waals surface area contributed by atoms with Gasteiger partial charge >= 0.3 is 5.97 Å². The van der Waals surface area contributed by atoms with Crippen molar-refractivity contribution in [2.24, 2.45) is 0 Å². The number of carbonyl (C=O) groups is 2. The summed E-state index contributed by atoms with van der Waals surface area (Å²) in [6.07, 6.45) is 0. The van der Waals surface area contributed by atoms with Crippen LogP contribution >= 0.6 is 0 Å². The summed E-state index contributed by atoms with van der Waals surface area (Å²) in [6.45, 7) is 1.56. The number of ketones is 1. The molecule has 2 atom stereocenters. The van der Waals surface area contributed by atoms with Crippen molar-refractivity contribution in [1.29, 1.82) is 0 Å². The third kappa shape index (κ3) is 3.47. The van der Waals surface area contributed by atoms with Gasteiger partial charge in [-0.05, 0) is 23.6 Å². The van der Waals surface area contributed by atoms with Crippen molar-refractivity contribution in [1.82, 2.24) is 0 Å². The summed E-state index contributed by atoms with van der Waals surface area (Å²) in [5, 5.41) is -1.50. The van der Waals surface area contributed by atoms with E-state index in [1.54, 1.807) is 18.2 Å². The van der Waals surface area contributed by atoms with Crippen molar-refractivity contribution in [3.8, 4) is 0 Å². The smallest absolute Gasteiger partial charge is 0.376 e. The molecule has 5 nitrogen and oxygen atoms in total. The molecule has 0 saturated carbocycles. The van der Waals surface area contributed by atoms with Crippen LogP contribution in [-0.4, -0.2) is 27.1 Å². The Morgan fingerprint density at radius 1 is 1.35 bits per heavy atom. The fourth-order valence-electron chi connectivity index (χ4n) is 1.29. The predicted octanol–water partition coefficient (Wildman–Crippen LogP) is 0.739. The standard InChI is InChI=1S/C11H12O5S/c1-2-16-11(13)9(12)10(17(14)15)8-6-4-3-5-7-8/h3-7,10H,2H2,1H3,(H,14,15)/p-1. The summed E-state index contributed by atoms with van der Waals surface area (Å²) in [6, 6.07) is 7.81. The van der Waals surface area contributed by atoms with E-state index in [2.05, 4.69) is 4.74 Å². The summed E-state index contributed by atoms with van der Waals surface area (Å²) in [7, 11) is 0. The fraction of sp³-hybridized carbons (Fsp3) is 0.273. The third-order valence-corrected chi connectivity index (χ3v) is 2.88. The van der Waals surface area contributed by atoms with Crippen molar-refractivity contribution >= 4 is 22.8 Å². The molecule has 0 radical (unpaired) electrons. The highest BCUT2D eigenvalue weighted by Gasteiger charge is 2.28. The molecule has 0 amide bonds. The molecule has 0 bridgehead atoms. The van der Waals surface area contributed by atoms with Gasteiger partial charge in [0.25, 0.3) is 5.78 Å². The lowest BCUT2D eigenvalue weighted by Gasteiger charge is -2.17. The van der Waals surface area contributed by atoms with Gasteiger partial charge in [-0.1, -0.05) is 30.3 Å². The maximum Gasteiger partial charge on any atom is 0.376 e. The van der Waals surface area contributed by atoms with Gasteiger partial charge in [-0.15, -0.1) is 0 Å². The van der Waals surface area contributed by atoms with Crippen molar-refractivity contribution in [3.63, 3.8) is 0 Å². The molecule has 0 heterocycles. The van der Waals surface area contributed by atoms with E-state index in [1.807, 2.05) is 0 Å². The molecule has 0 saturated heterocycles. The van der Waals surface area contributed by atoms with Crippen LogP contribution in [0.3, 0.4) is 0 Å². The first-order chi connectivity index (χ1) is 8.07. The van der Waals surface area contributed by atoms with Gasteiger partial charge in [0.05, 0.1) is 6.61 Å². The monoisotopic (exact) mass is 255 g/mol. The number of esters is 1. The summed E-state index contributed by atoms with van der Waals surface area (Å²) < 4.78 is 26.5. The normalized spacial score (nSPS) is 13.8. The van der Waals surface area contributed by atoms with Crippen LogP contribution < -0.4 is 0 Å². The van der Waals surface area contributed by atoms with Crippen LogP contribution in [0.15, 0.2) is 30.3 Å². The molecule has 0 aliphatic heterocycles.